The molecule has 0 unspecified atom stereocenters. The number of alkyl halides is 1. The van der Waals surface area contributed by atoms with Crippen LogP contribution in [-0.4, -0.2) is 36.2 Å². The van der Waals surface area contributed by atoms with E-state index in [0.29, 0.717) is 6.04 Å². The van der Waals surface area contributed by atoms with Crippen LogP contribution in [0, 0.1) is 0 Å². The van der Waals surface area contributed by atoms with Crippen molar-refractivity contribution in [3.63, 3.8) is 0 Å². The van der Waals surface area contributed by atoms with Gasteiger partial charge in [-0.2, -0.15) is 0 Å². The highest BCUT2D eigenvalue weighted by Crippen LogP contribution is 2.15. The summed E-state index contributed by atoms with van der Waals surface area (Å²) in [5, 5.41) is 0. The van der Waals surface area contributed by atoms with E-state index >= 15 is 0 Å². The van der Waals surface area contributed by atoms with Gasteiger partial charge in [0.2, 0.25) is 0 Å². The number of Topliss-reactive ketones (excluding diaryl/α,β-unsaturated/α-hetero) is 1. The molecule has 0 aromatic rings. The van der Waals surface area contributed by atoms with Gasteiger partial charge in [0, 0.05) is 12.6 Å². The van der Waals surface area contributed by atoms with Gasteiger partial charge >= 0.3 is 0 Å². The topological polar surface area (TPSA) is 20.3 Å². The fraction of sp³-hybridized carbons (Fsp3) is 0.667. The van der Waals surface area contributed by atoms with E-state index in [0.717, 1.165) is 18.5 Å². The molecule has 1 heterocycles. The molecule has 0 fully saturated rings. The number of rotatable bonds is 2. The lowest BCUT2D eigenvalue weighted by Gasteiger charge is -2.27. The summed E-state index contributed by atoms with van der Waals surface area (Å²) in [7, 11) is 2.06. The Bertz CT molecular complexity index is 213. The number of ketones is 1. The minimum Gasteiger partial charge on any atom is -0.300 e. The third kappa shape index (κ3) is 2.08. The summed E-state index contributed by atoms with van der Waals surface area (Å²) in [4.78, 5) is 13.4. The molecule has 2 nitrogen and oxygen atoms in total. The van der Waals surface area contributed by atoms with Crippen molar-refractivity contribution in [1.29, 1.82) is 0 Å². The van der Waals surface area contributed by atoms with Crippen molar-refractivity contribution in [2.75, 3.05) is 19.5 Å². The Hall–Kier alpha value is -0.340. The largest absolute Gasteiger partial charge is 0.300 e. The van der Waals surface area contributed by atoms with Crippen LogP contribution in [0.1, 0.15) is 13.3 Å². The monoisotopic (exact) mass is 187 g/mol. The summed E-state index contributed by atoms with van der Waals surface area (Å²) in [6, 6.07) is 0.362. The molecule has 0 bridgehead atoms. The van der Waals surface area contributed by atoms with Gasteiger partial charge in [0.05, 0.1) is 5.88 Å². The van der Waals surface area contributed by atoms with E-state index < -0.39 is 0 Å². The van der Waals surface area contributed by atoms with Crippen molar-refractivity contribution in [2.24, 2.45) is 0 Å². The van der Waals surface area contributed by atoms with Crippen LogP contribution in [0.4, 0.5) is 0 Å². The average Bonchev–Trinajstić information content (AvgIpc) is 2.08. The van der Waals surface area contributed by atoms with Crippen LogP contribution in [0.2, 0.25) is 0 Å². The molecule has 3 heteroatoms. The van der Waals surface area contributed by atoms with E-state index in [-0.39, 0.29) is 11.7 Å². The quantitative estimate of drug-likeness (QED) is 0.610. The van der Waals surface area contributed by atoms with Gasteiger partial charge in [-0.25, -0.2) is 0 Å². The molecule has 1 aliphatic rings. The molecule has 12 heavy (non-hydrogen) atoms. The highest BCUT2D eigenvalue weighted by molar-refractivity contribution is 6.30. The SMILES string of the molecule is C[C@H]1C=C(C(=O)CCl)CCN1C. The van der Waals surface area contributed by atoms with E-state index in [2.05, 4.69) is 18.9 Å². The van der Waals surface area contributed by atoms with Crippen LogP contribution in [-0.2, 0) is 4.79 Å². The minimum absolute atomic E-state index is 0.0802. The van der Waals surface area contributed by atoms with Crippen LogP contribution in [0.15, 0.2) is 11.6 Å². The van der Waals surface area contributed by atoms with Crippen LogP contribution >= 0.6 is 11.6 Å². The molecule has 0 saturated heterocycles. The van der Waals surface area contributed by atoms with Gasteiger partial charge in [-0.1, -0.05) is 6.08 Å². The van der Waals surface area contributed by atoms with E-state index in [1.54, 1.807) is 0 Å². The fourth-order valence-electron chi connectivity index (χ4n) is 1.32. The minimum atomic E-state index is 0.0802. The van der Waals surface area contributed by atoms with Crippen LogP contribution in [0.3, 0.4) is 0 Å². The Morgan fingerprint density at radius 3 is 3.00 bits per heavy atom. The Morgan fingerprint density at radius 1 is 1.83 bits per heavy atom. The summed E-state index contributed by atoms with van der Waals surface area (Å²) >= 11 is 5.47. The zero-order valence-electron chi connectivity index (χ0n) is 7.51. The predicted octanol–water partition coefficient (Wildman–Crippen LogP) is 1.44. The summed E-state index contributed by atoms with van der Waals surface area (Å²) < 4.78 is 0. The van der Waals surface area contributed by atoms with Crippen LogP contribution < -0.4 is 0 Å². The standard InChI is InChI=1S/C9H14ClNO/c1-7-5-8(9(12)6-10)3-4-11(7)2/h5,7H,3-4,6H2,1-2H3/t7-/m0/s1. The first-order valence-corrected chi connectivity index (χ1v) is 4.68. The third-order valence-corrected chi connectivity index (χ3v) is 2.59. The molecule has 0 aromatic heterocycles. The number of hydrogen-bond donors (Lipinski definition) is 0. The van der Waals surface area contributed by atoms with E-state index in [9.17, 15) is 4.79 Å². The van der Waals surface area contributed by atoms with Crippen molar-refractivity contribution in [3.05, 3.63) is 11.6 Å². The van der Waals surface area contributed by atoms with Crippen LogP contribution in [0.25, 0.3) is 0 Å². The van der Waals surface area contributed by atoms with Gasteiger partial charge in [-0.05, 0) is 26.0 Å². The van der Waals surface area contributed by atoms with Gasteiger partial charge in [0.25, 0.3) is 0 Å². The molecule has 0 spiro atoms. The van der Waals surface area contributed by atoms with Crippen molar-refractivity contribution in [1.82, 2.24) is 4.90 Å². The van der Waals surface area contributed by atoms with Crippen LogP contribution in [0.5, 0.6) is 0 Å². The maximum absolute atomic E-state index is 11.2. The maximum Gasteiger partial charge on any atom is 0.173 e. The first-order chi connectivity index (χ1) is 5.65. The summed E-state index contributed by atoms with van der Waals surface area (Å²) in [6.07, 6.45) is 2.85. The van der Waals surface area contributed by atoms with E-state index in [1.807, 2.05) is 6.08 Å². The van der Waals surface area contributed by atoms with Gasteiger partial charge < -0.3 is 0 Å². The molecule has 1 rings (SSSR count). The molecular weight excluding hydrogens is 174 g/mol. The number of likely N-dealkylation sites (N-methyl/N-ethyl adjacent to an activating group) is 1. The lowest BCUT2D eigenvalue weighted by atomic mass is 10.0. The Morgan fingerprint density at radius 2 is 2.50 bits per heavy atom. The zero-order valence-corrected chi connectivity index (χ0v) is 8.27. The lowest BCUT2D eigenvalue weighted by molar-refractivity contribution is -0.113. The summed E-state index contributed by atoms with van der Waals surface area (Å²) in [5.41, 5.74) is 0.899. The van der Waals surface area contributed by atoms with Gasteiger partial charge in [-0.3, -0.25) is 9.69 Å². The van der Waals surface area contributed by atoms with E-state index in [1.165, 1.54) is 0 Å². The number of halogens is 1. The molecule has 0 N–H and O–H groups in total. The Labute approximate surface area is 78.2 Å². The van der Waals surface area contributed by atoms with Crippen molar-refractivity contribution >= 4 is 17.4 Å². The second-order valence-corrected chi connectivity index (χ2v) is 3.49. The fourth-order valence-corrected chi connectivity index (χ4v) is 1.49. The van der Waals surface area contributed by atoms with Gasteiger partial charge in [0.1, 0.15) is 0 Å². The molecular formula is C9H14ClNO. The Balaban J connectivity index is 2.68. The molecule has 1 aliphatic heterocycles. The summed E-state index contributed by atoms with van der Waals surface area (Å²) in [5.74, 6) is 0.194. The van der Waals surface area contributed by atoms with Crippen molar-refractivity contribution < 1.29 is 4.79 Å². The van der Waals surface area contributed by atoms with Crippen molar-refractivity contribution in [3.8, 4) is 0 Å². The second-order valence-electron chi connectivity index (χ2n) is 3.22. The number of nitrogens with zero attached hydrogens (tertiary/aromatic N) is 1. The van der Waals surface area contributed by atoms with E-state index in [4.69, 9.17) is 11.6 Å². The highest BCUT2D eigenvalue weighted by atomic mass is 35.5. The summed E-state index contributed by atoms with van der Waals surface area (Å²) in [6.45, 7) is 3.04. The normalized spacial score (nSPS) is 25.2. The van der Waals surface area contributed by atoms with Crippen molar-refractivity contribution in [2.45, 2.75) is 19.4 Å². The highest BCUT2D eigenvalue weighted by Gasteiger charge is 2.18. The third-order valence-electron chi connectivity index (χ3n) is 2.35. The molecule has 68 valence electrons. The first-order valence-electron chi connectivity index (χ1n) is 4.15. The zero-order chi connectivity index (χ0) is 9.14. The average molecular weight is 188 g/mol. The number of carbonyl (C=O) groups excluding carboxylic acids is 1. The van der Waals surface area contributed by atoms with Gasteiger partial charge in [0.15, 0.2) is 5.78 Å². The first kappa shape index (κ1) is 9.75. The maximum atomic E-state index is 11.2. The predicted molar refractivity (Wildman–Crippen MR) is 50.5 cm³/mol. The lowest BCUT2D eigenvalue weighted by Crippen LogP contribution is -2.33. The molecule has 1 atom stereocenters. The Kier molecular flexibility index (Phi) is 3.29. The molecule has 0 saturated carbocycles. The second kappa shape index (κ2) is 4.06. The number of carbonyl (C=O) groups is 1. The molecule has 0 aromatic carbocycles. The molecule has 0 radical (unpaired) electrons. The number of hydrogen-bond acceptors (Lipinski definition) is 2. The molecule has 0 amide bonds. The smallest absolute Gasteiger partial charge is 0.173 e. The van der Waals surface area contributed by atoms with Gasteiger partial charge in [-0.15, -0.1) is 11.6 Å². The molecule has 0 aliphatic carbocycles.